The molecule has 0 aromatic heterocycles. The number of aldehydes is 1. The quantitative estimate of drug-likeness (QED) is 0.739. The third kappa shape index (κ3) is 1.49. The van der Waals surface area contributed by atoms with Gasteiger partial charge >= 0.3 is 0 Å². The minimum atomic E-state index is -1.00. The van der Waals surface area contributed by atoms with Gasteiger partial charge in [-0.1, -0.05) is 0 Å². The smallest absolute Gasteiger partial charge is 0.166 e. The number of aliphatic hydroxyl groups excluding tert-OH is 1. The molecule has 1 saturated heterocycles. The Kier molecular flexibility index (Phi) is 2.47. The maximum Gasteiger partial charge on any atom is 0.166 e. The molecule has 21 heavy (non-hydrogen) atoms. The van der Waals surface area contributed by atoms with Crippen LogP contribution in [0.15, 0.2) is 12.1 Å². The van der Waals surface area contributed by atoms with E-state index in [1.807, 2.05) is 0 Å². The molecule has 4 atom stereocenters. The van der Waals surface area contributed by atoms with E-state index < -0.39 is 23.9 Å². The second kappa shape index (κ2) is 4.05. The summed E-state index contributed by atoms with van der Waals surface area (Å²) in [4.78, 5) is 23.2. The number of Topliss-reactive ketones (excluding diaryl/α,β-unsaturated/α-hetero) is 1. The number of carbonyl (C=O) groups excluding carboxylic acids is 2. The van der Waals surface area contributed by atoms with E-state index in [0.717, 1.165) is 0 Å². The van der Waals surface area contributed by atoms with Gasteiger partial charge in [-0.25, -0.2) is 0 Å². The maximum absolute atomic E-state index is 11.9. The summed E-state index contributed by atoms with van der Waals surface area (Å²) < 4.78 is 11.3. The van der Waals surface area contributed by atoms with Crippen LogP contribution in [0.3, 0.4) is 0 Å². The van der Waals surface area contributed by atoms with E-state index >= 15 is 0 Å². The number of phenols is 1. The molecule has 1 saturated carbocycles. The average Bonchev–Trinajstić information content (AvgIpc) is 2.93. The minimum absolute atomic E-state index is 0.00493. The number of benzene rings is 1. The molecule has 2 N–H and O–H groups in total. The maximum atomic E-state index is 11.9. The van der Waals surface area contributed by atoms with Crippen LogP contribution in [0.4, 0.5) is 0 Å². The van der Waals surface area contributed by atoms with Crippen LogP contribution in [0.2, 0.25) is 0 Å². The third-order valence-corrected chi connectivity index (χ3v) is 4.83. The molecule has 1 aliphatic carbocycles. The van der Waals surface area contributed by atoms with E-state index in [0.29, 0.717) is 17.4 Å². The molecule has 6 nitrogen and oxygen atoms in total. The van der Waals surface area contributed by atoms with Crippen LogP contribution in [0.25, 0.3) is 0 Å². The van der Waals surface area contributed by atoms with Crippen molar-refractivity contribution in [1.82, 2.24) is 0 Å². The lowest BCUT2D eigenvalue weighted by molar-refractivity contribution is -0.135. The van der Waals surface area contributed by atoms with Crippen molar-refractivity contribution in [1.29, 1.82) is 0 Å². The lowest BCUT2D eigenvalue weighted by Crippen LogP contribution is -2.51. The molecule has 1 spiro atoms. The lowest BCUT2D eigenvalue weighted by Gasteiger charge is -2.38. The van der Waals surface area contributed by atoms with Gasteiger partial charge in [0.05, 0.1) is 11.5 Å². The molecule has 2 aliphatic heterocycles. The number of carbonyl (C=O) groups is 2. The van der Waals surface area contributed by atoms with Crippen molar-refractivity contribution in [3.63, 3.8) is 0 Å². The van der Waals surface area contributed by atoms with E-state index in [9.17, 15) is 19.8 Å². The predicted octanol–water partition coefficient (Wildman–Crippen LogP) is 0.674. The Morgan fingerprint density at radius 2 is 2.05 bits per heavy atom. The number of ether oxygens (including phenoxy) is 2. The molecule has 110 valence electrons. The molecule has 1 aromatic rings. The number of hydrogen-bond acceptors (Lipinski definition) is 6. The van der Waals surface area contributed by atoms with E-state index in [4.69, 9.17) is 9.47 Å². The first kappa shape index (κ1) is 12.8. The summed E-state index contributed by atoms with van der Waals surface area (Å²) in [5, 5.41) is 19.9. The first-order valence-corrected chi connectivity index (χ1v) is 6.89. The zero-order valence-electron chi connectivity index (χ0n) is 11.1. The number of rotatable bonds is 1. The molecular formula is C15H14O6. The van der Waals surface area contributed by atoms with Gasteiger partial charge in [0, 0.05) is 30.4 Å². The van der Waals surface area contributed by atoms with Crippen LogP contribution in [0.1, 0.15) is 35.2 Å². The molecule has 4 rings (SSSR count). The fourth-order valence-corrected chi connectivity index (χ4v) is 4.03. The van der Waals surface area contributed by atoms with Gasteiger partial charge in [0.1, 0.15) is 18.2 Å². The normalized spacial score (nSPS) is 36.6. The summed E-state index contributed by atoms with van der Waals surface area (Å²) >= 11 is 0. The van der Waals surface area contributed by atoms with Crippen molar-refractivity contribution in [2.45, 2.75) is 43.2 Å². The van der Waals surface area contributed by atoms with Crippen molar-refractivity contribution >= 4 is 12.1 Å². The van der Waals surface area contributed by atoms with Crippen molar-refractivity contribution in [3.05, 3.63) is 23.3 Å². The van der Waals surface area contributed by atoms with Crippen LogP contribution < -0.4 is 4.74 Å². The van der Waals surface area contributed by atoms with Gasteiger partial charge in [0.25, 0.3) is 0 Å². The molecular weight excluding hydrogens is 276 g/mol. The zero-order valence-corrected chi connectivity index (χ0v) is 11.1. The minimum Gasteiger partial charge on any atom is -0.504 e. The lowest BCUT2D eigenvalue weighted by atomic mass is 9.64. The second-order valence-corrected chi connectivity index (χ2v) is 5.87. The highest BCUT2D eigenvalue weighted by atomic mass is 16.6. The summed E-state index contributed by atoms with van der Waals surface area (Å²) in [5.74, 6) is 0.170. The largest absolute Gasteiger partial charge is 0.504 e. The van der Waals surface area contributed by atoms with Crippen molar-refractivity contribution < 1.29 is 29.3 Å². The Labute approximate surface area is 120 Å². The number of aliphatic hydroxyl groups is 1. The highest BCUT2D eigenvalue weighted by Gasteiger charge is 2.63. The number of phenolic OH excluding ortho intramolecular Hbond substituents is 1. The Morgan fingerprint density at radius 1 is 1.29 bits per heavy atom. The predicted molar refractivity (Wildman–Crippen MR) is 69.3 cm³/mol. The molecule has 1 aromatic carbocycles. The average molecular weight is 290 g/mol. The zero-order chi connectivity index (χ0) is 14.8. The summed E-state index contributed by atoms with van der Waals surface area (Å²) in [6.45, 7) is 0. The van der Waals surface area contributed by atoms with Gasteiger partial charge in [-0.2, -0.15) is 0 Å². The summed E-state index contributed by atoms with van der Waals surface area (Å²) in [6, 6.07) is 2.93. The molecule has 0 amide bonds. The molecule has 0 bridgehead atoms. The molecule has 6 heteroatoms. The Hall–Kier alpha value is -1.92. The van der Waals surface area contributed by atoms with Gasteiger partial charge in [0.2, 0.25) is 0 Å². The molecule has 0 radical (unpaired) electrons. The van der Waals surface area contributed by atoms with Crippen molar-refractivity contribution in [2.24, 2.45) is 0 Å². The third-order valence-electron chi connectivity index (χ3n) is 4.83. The fraction of sp³-hybridized carbons (Fsp3) is 0.467. The Balaban J connectivity index is 1.98. The topological polar surface area (TPSA) is 93.1 Å². The van der Waals surface area contributed by atoms with Crippen molar-refractivity contribution in [2.75, 3.05) is 0 Å². The monoisotopic (exact) mass is 290 g/mol. The molecule has 2 heterocycles. The first-order valence-electron chi connectivity index (χ1n) is 6.89. The van der Waals surface area contributed by atoms with Gasteiger partial charge < -0.3 is 19.7 Å². The van der Waals surface area contributed by atoms with E-state index in [1.165, 1.54) is 12.1 Å². The van der Waals surface area contributed by atoms with E-state index in [-0.39, 0.29) is 36.5 Å². The van der Waals surface area contributed by atoms with Gasteiger partial charge in [-0.05, 0) is 12.1 Å². The van der Waals surface area contributed by atoms with Crippen LogP contribution in [0.5, 0.6) is 11.5 Å². The highest BCUT2D eigenvalue weighted by molar-refractivity contribution is 5.86. The van der Waals surface area contributed by atoms with Gasteiger partial charge in [-0.3, -0.25) is 9.59 Å². The second-order valence-electron chi connectivity index (χ2n) is 5.87. The van der Waals surface area contributed by atoms with Crippen LogP contribution in [0, 0.1) is 0 Å². The first-order chi connectivity index (χ1) is 10.1. The number of hydrogen-bond donors (Lipinski definition) is 2. The fourth-order valence-electron chi connectivity index (χ4n) is 4.03. The van der Waals surface area contributed by atoms with Crippen LogP contribution in [-0.4, -0.2) is 40.8 Å². The van der Waals surface area contributed by atoms with E-state index in [1.54, 1.807) is 0 Å². The van der Waals surface area contributed by atoms with Gasteiger partial charge in [0.15, 0.2) is 17.8 Å². The number of aromatic hydroxyl groups is 1. The summed E-state index contributed by atoms with van der Waals surface area (Å²) in [7, 11) is 0. The van der Waals surface area contributed by atoms with E-state index in [2.05, 4.69) is 0 Å². The van der Waals surface area contributed by atoms with Crippen molar-refractivity contribution in [3.8, 4) is 11.5 Å². The number of ketones is 1. The number of fused-ring (bicyclic) bond motifs is 1. The Morgan fingerprint density at radius 3 is 2.81 bits per heavy atom. The highest BCUT2D eigenvalue weighted by Crippen LogP contribution is 2.59. The standard InChI is InChI=1S/C15H14O6/c16-6-7-1-2-9(18)14-13(7)15-5-12(19)20-10(15)3-8(17)4-11(15)21-14/h1-2,6,10-12,18-19H,3-5H2. The van der Waals surface area contributed by atoms with Gasteiger partial charge in [-0.15, -0.1) is 0 Å². The summed E-state index contributed by atoms with van der Waals surface area (Å²) in [5.41, 5.74) is 0.233. The summed E-state index contributed by atoms with van der Waals surface area (Å²) in [6.07, 6.45) is -0.698. The van der Waals surface area contributed by atoms with Crippen LogP contribution in [-0.2, 0) is 14.9 Å². The molecule has 2 fully saturated rings. The Bertz CT molecular complexity index is 654. The molecule has 3 aliphatic rings. The molecule has 4 unspecified atom stereocenters. The SMILES string of the molecule is O=Cc1ccc(O)c2c1C13CC(O)OC1CC(=O)CC3O2. The van der Waals surface area contributed by atoms with Crippen LogP contribution >= 0.6 is 0 Å².